The summed E-state index contributed by atoms with van der Waals surface area (Å²) in [5.41, 5.74) is 7.76. The van der Waals surface area contributed by atoms with Gasteiger partial charge in [0.25, 0.3) is 5.91 Å². The molecule has 1 amide bonds. The molecule has 3 heteroatoms. The van der Waals surface area contributed by atoms with Crippen molar-refractivity contribution in [1.29, 1.82) is 0 Å². The molecular formula is C16H24N2O. The molecule has 0 atom stereocenters. The first kappa shape index (κ1) is 14.1. The van der Waals surface area contributed by atoms with Crippen molar-refractivity contribution in [2.45, 2.75) is 33.1 Å². The Kier molecular flexibility index (Phi) is 4.25. The molecule has 0 unspecified atom stereocenters. The van der Waals surface area contributed by atoms with E-state index in [0.717, 1.165) is 31.5 Å². The second-order valence-corrected chi connectivity index (χ2v) is 6.23. The van der Waals surface area contributed by atoms with Gasteiger partial charge in [-0.15, -0.1) is 0 Å². The standard InChI is InChI=1S/C16H24N2O/c1-16(2)9-3-11-18(12-16)15(19)14-6-4-13(5-7-14)8-10-17/h4-7H,3,8-12,17H2,1-2H3. The van der Waals surface area contributed by atoms with Gasteiger partial charge in [-0.3, -0.25) is 4.79 Å². The molecule has 1 aliphatic rings. The van der Waals surface area contributed by atoms with Crippen LogP contribution < -0.4 is 5.73 Å². The third-order valence-corrected chi connectivity index (χ3v) is 3.82. The van der Waals surface area contributed by atoms with Crippen LogP contribution in [0.2, 0.25) is 0 Å². The lowest BCUT2D eigenvalue weighted by Crippen LogP contribution is -2.43. The van der Waals surface area contributed by atoms with E-state index in [1.807, 2.05) is 29.2 Å². The summed E-state index contributed by atoms with van der Waals surface area (Å²) >= 11 is 0. The van der Waals surface area contributed by atoms with Gasteiger partial charge in [-0.1, -0.05) is 26.0 Å². The molecule has 0 saturated carbocycles. The Balaban J connectivity index is 2.06. The number of likely N-dealkylation sites (tertiary alicyclic amines) is 1. The minimum absolute atomic E-state index is 0.159. The van der Waals surface area contributed by atoms with E-state index in [1.165, 1.54) is 12.0 Å². The summed E-state index contributed by atoms with van der Waals surface area (Å²) in [6.45, 7) is 6.85. The highest BCUT2D eigenvalue weighted by Crippen LogP contribution is 2.29. The Morgan fingerprint density at radius 1 is 1.32 bits per heavy atom. The molecule has 0 aliphatic carbocycles. The molecule has 1 fully saturated rings. The largest absolute Gasteiger partial charge is 0.338 e. The van der Waals surface area contributed by atoms with E-state index in [4.69, 9.17) is 5.73 Å². The molecule has 1 aromatic carbocycles. The number of amides is 1. The van der Waals surface area contributed by atoms with Crippen LogP contribution in [-0.4, -0.2) is 30.4 Å². The number of nitrogens with zero attached hydrogens (tertiary/aromatic N) is 1. The van der Waals surface area contributed by atoms with Crippen LogP contribution in [0.25, 0.3) is 0 Å². The molecule has 2 N–H and O–H groups in total. The first-order chi connectivity index (χ1) is 9.02. The zero-order chi connectivity index (χ0) is 13.9. The zero-order valence-electron chi connectivity index (χ0n) is 12.0. The molecule has 19 heavy (non-hydrogen) atoms. The SMILES string of the molecule is CC1(C)CCCN(C(=O)c2ccc(CCN)cc2)C1. The quantitative estimate of drug-likeness (QED) is 0.907. The number of hydrogen-bond donors (Lipinski definition) is 1. The van der Waals surface area contributed by atoms with Crippen LogP contribution in [0.15, 0.2) is 24.3 Å². The molecule has 1 aliphatic heterocycles. The second-order valence-electron chi connectivity index (χ2n) is 6.23. The Morgan fingerprint density at radius 2 is 2.00 bits per heavy atom. The molecule has 1 heterocycles. The van der Waals surface area contributed by atoms with E-state index in [9.17, 15) is 4.79 Å². The molecule has 0 bridgehead atoms. The van der Waals surface area contributed by atoms with Crippen molar-refractivity contribution < 1.29 is 4.79 Å². The fourth-order valence-corrected chi connectivity index (χ4v) is 2.76. The number of hydrogen-bond acceptors (Lipinski definition) is 2. The van der Waals surface area contributed by atoms with Crippen LogP contribution in [0.1, 0.15) is 42.6 Å². The van der Waals surface area contributed by atoms with Gasteiger partial charge < -0.3 is 10.6 Å². The average molecular weight is 260 g/mol. The van der Waals surface area contributed by atoms with Gasteiger partial charge in [0.2, 0.25) is 0 Å². The summed E-state index contributed by atoms with van der Waals surface area (Å²) in [4.78, 5) is 14.4. The van der Waals surface area contributed by atoms with Crippen LogP contribution in [0.4, 0.5) is 0 Å². The van der Waals surface area contributed by atoms with Crippen molar-refractivity contribution in [1.82, 2.24) is 4.90 Å². The van der Waals surface area contributed by atoms with Crippen molar-refractivity contribution in [2.75, 3.05) is 19.6 Å². The van der Waals surface area contributed by atoms with Crippen LogP contribution in [-0.2, 0) is 6.42 Å². The van der Waals surface area contributed by atoms with Gasteiger partial charge in [0.05, 0.1) is 0 Å². The highest BCUT2D eigenvalue weighted by Gasteiger charge is 2.29. The van der Waals surface area contributed by atoms with E-state index < -0.39 is 0 Å². The number of piperidine rings is 1. The van der Waals surface area contributed by atoms with Gasteiger partial charge in [0, 0.05) is 18.7 Å². The zero-order valence-corrected chi connectivity index (χ0v) is 12.0. The summed E-state index contributed by atoms with van der Waals surface area (Å²) in [5.74, 6) is 0.159. The maximum Gasteiger partial charge on any atom is 0.253 e. The molecule has 2 rings (SSSR count). The molecule has 104 valence electrons. The topological polar surface area (TPSA) is 46.3 Å². The van der Waals surface area contributed by atoms with E-state index in [-0.39, 0.29) is 11.3 Å². The Morgan fingerprint density at radius 3 is 2.58 bits per heavy atom. The maximum absolute atomic E-state index is 12.5. The number of carbonyl (C=O) groups excluding carboxylic acids is 1. The minimum Gasteiger partial charge on any atom is -0.338 e. The first-order valence-corrected chi connectivity index (χ1v) is 7.10. The molecule has 0 aromatic heterocycles. The fraction of sp³-hybridized carbons (Fsp3) is 0.562. The van der Waals surface area contributed by atoms with Crippen LogP contribution in [0.3, 0.4) is 0 Å². The summed E-state index contributed by atoms with van der Waals surface area (Å²) in [6, 6.07) is 7.87. The summed E-state index contributed by atoms with van der Waals surface area (Å²) in [7, 11) is 0. The number of nitrogens with two attached hydrogens (primary N) is 1. The lowest BCUT2D eigenvalue weighted by molar-refractivity contribution is 0.0583. The summed E-state index contributed by atoms with van der Waals surface area (Å²) in [6.07, 6.45) is 3.17. The van der Waals surface area contributed by atoms with Crippen LogP contribution in [0, 0.1) is 5.41 Å². The Bertz CT molecular complexity index is 437. The van der Waals surface area contributed by atoms with Gasteiger partial charge in [0.1, 0.15) is 0 Å². The maximum atomic E-state index is 12.5. The Hall–Kier alpha value is -1.35. The van der Waals surface area contributed by atoms with Crippen molar-refractivity contribution in [3.8, 4) is 0 Å². The fourth-order valence-electron chi connectivity index (χ4n) is 2.76. The smallest absolute Gasteiger partial charge is 0.253 e. The lowest BCUT2D eigenvalue weighted by Gasteiger charge is -2.38. The van der Waals surface area contributed by atoms with E-state index in [1.54, 1.807) is 0 Å². The van der Waals surface area contributed by atoms with E-state index in [0.29, 0.717) is 6.54 Å². The third-order valence-electron chi connectivity index (χ3n) is 3.82. The third kappa shape index (κ3) is 3.57. The predicted octanol–water partition coefficient (Wildman–Crippen LogP) is 2.45. The highest BCUT2D eigenvalue weighted by molar-refractivity contribution is 5.94. The molecule has 1 saturated heterocycles. The van der Waals surface area contributed by atoms with Crippen LogP contribution >= 0.6 is 0 Å². The molecule has 0 spiro atoms. The summed E-state index contributed by atoms with van der Waals surface area (Å²) in [5, 5.41) is 0. The minimum atomic E-state index is 0.159. The van der Waals surface area contributed by atoms with Crippen LogP contribution in [0.5, 0.6) is 0 Å². The van der Waals surface area contributed by atoms with Crippen molar-refractivity contribution in [3.05, 3.63) is 35.4 Å². The van der Waals surface area contributed by atoms with E-state index >= 15 is 0 Å². The molecule has 3 nitrogen and oxygen atoms in total. The predicted molar refractivity (Wildman–Crippen MR) is 78.1 cm³/mol. The number of carbonyl (C=O) groups is 1. The van der Waals surface area contributed by atoms with E-state index in [2.05, 4.69) is 13.8 Å². The summed E-state index contributed by atoms with van der Waals surface area (Å²) < 4.78 is 0. The van der Waals surface area contributed by atoms with Gasteiger partial charge in [-0.05, 0) is 48.9 Å². The molecular weight excluding hydrogens is 236 g/mol. The van der Waals surface area contributed by atoms with Gasteiger partial charge in [-0.25, -0.2) is 0 Å². The highest BCUT2D eigenvalue weighted by atomic mass is 16.2. The molecule has 1 aromatic rings. The Labute approximate surface area is 115 Å². The normalized spacial score (nSPS) is 18.4. The number of benzene rings is 1. The number of rotatable bonds is 3. The van der Waals surface area contributed by atoms with Gasteiger partial charge in [0.15, 0.2) is 0 Å². The monoisotopic (exact) mass is 260 g/mol. The average Bonchev–Trinajstić information content (AvgIpc) is 2.38. The van der Waals surface area contributed by atoms with Gasteiger partial charge >= 0.3 is 0 Å². The second kappa shape index (κ2) is 5.74. The van der Waals surface area contributed by atoms with Crippen molar-refractivity contribution in [2.24, 2.45) is 11.1 Å². The van der Waals surface area contributed by atoms with Gasteiger partial charge in [-0.2, -0.15) is 0 Å². The van der Waals surface area contributed by atoms with Crippen molar-refractivity contribution >= 4 is 5.91 Å². The van der Waals surface area contributed by atoms with Crippen molar-refractivity contribution in [3.63, 3.8) is 0 Å². The lowest BCUT2D eigenvalue weighted by atomic mass is 9.84. The first-order valence-electron chi connectivity index (χ1n) is 7.10. The molecule has 0 radical (unpaired) electrons.